The van der Waals surface area contributed by atoms with Gasteiger partial charge in [0.25, 0.3) is 0 Å². The summed E-state index contributed by atoms with van der Waals surface area (Å²) in [6, 6.07) is -0.508. The predicted octanol–water partition coefficient (Wildman–Crippen LogP) is 1.52. The number of carbonyl (C=O) groups is 1. The summed E-state index contributed by atoms with van der Waals surface area (Å²) in [6.45, 7) is 3.99. The Balaban J connectivity index is 1.89. The highest BCUT2D eigenvalue weighted by Crippen LogP contribution is 2.36. The van der Waals surface area contributed by atoms with Crippen LogP contribution >= 0.6 is 0 Å². The molecule has 1 spiro atoms. The van der Waals surface area contributed by atoms with Crippen molar-refractivity contribution in [2.24, 2.45) is 5.41 Å². The van der Waals surface area contributed by atoms with Gasteiger partial charge < -0.3 is 10.6 Å². The van der Waals surface area contributed by atoms with E-state index in [1.807, 2.05) is 10.2 Å². The molecule has 21 heavy (non-hydrogen) atoms. The Bertz CT molecular complexity index is 361. The summed E-state index contributed by atoms with van der Waals surface area (Å²) >= 11 is 0. The lowest BCUT2D eigenvalue weighted by Gasteiger charge is -2.47. The molecule has 0 bridgehead atoms. The number of halogens is 3. The summed E-state index contributed by atoms with van der Waals surface area (Å²) in [5, 5.41) is 5.39. The highest BCUT2D eigenvalue weighted by Gasteiger charge is 2.39. The third-order valence-electron chi connectivity index (χ3n) is 4.64. The Kier molecular flexibility index (Phi) is 5.14. The Morgan fingerprint density at radius 3 is 2.71 bits per heavy atom. The maximum atomic E-state index is 12.2. The van der Waals surface area contributed by atoms with Crippen molar-refractivity contribution >= 4 is 5.91 Å². The van der Waals surface area contributed by atoms with Crippen molar-refractivity contribution in [3.8, 4) is 0 Å². The van der Waals surface area contributed by atoms with Gasteiger partial charge in [0, 0.05) is 13.1 Å². The smallest absolute Gasteiger partial charge is 0.346 e. The van der Waals surface area contributed by atoms with E-state index in [0.717, 1.165) is 51.9 Å². The van der Waals surface area contributed by atoms with E-state index in [9.17, 15) is 18.0 Å². The van der Waals surface area contributed by atoms with Gasteiger partial charge >= 0.3 is 6.18 Å². The molecular formula is C14H24F3N3O. The molecule has 2 rings (SSSR count). The highest BCUT2D eigenvalue weighted by molar-refractivity contribution is 5.81. The Labute approximate surface area is 123 Å². The number of amides is 1. The van der Waals surface area contributed by atoms with Gasteiger partial charge in [-0.15, -0.1) is 0 Å². The molecule has 0 saturated carbocycles. The lowest BCUT2D eigenvalue weighted by Crippen LogP contribution is -2.56. The molecule has 2 unspecified atom stereocenters. The summed E-state index contributed by atoms with van der Waals surface area (Å²) in [7, 11) is 0. The van der Waals surface area contributed by atoms with Crippen molar-refractivity contribution in [1.82, 2.24) is 15.5 Å². The van der Waals surface area contributed by atoms with Crippen molar-refractivity contribution < 1.29 is 18.0 Å². The molecule has 4 nitrogen and oxygen atoms in total. The molecule has 2 heterocycles. The van der Waals surface area contributed by atoms with Gasteiger partial charge in [-0.2, -0.15) is 13.2 Å². The molecule has 0 aromatic rings. The third kappa shape index (κ3) is 4.57. The minimum Gasteiger partial charge on any atom is -0.346 e. The zero-order valence-corrected chi connectivity index (χ0v) is 12.4. The van der Waals surface area contributed by atoms with Crippen molar-refractivity contribution in [3.05, 3.63) is 0 Å². The normalized spacial score (nSPS) is 29.3. The standard InChI is InChI=1S/C14H24F3N3O/c1-11(12(21)19-9-14(15,16)17)20-7-3-5-13(10-20)4-2-6-18-8-13/h11,18H,2-10H2,1H3,(H,19,21). The van der Waals surface area contributed by atoms with Crippen LogP contribution in [0.5, 0.6) is 0 Å². The van der Waals surface area contributed by atoms with Gasteiger partial charge in [-0.25, -0.2) is 0 Å². The largest absolute Gasteiger partial charge is 0.405 e. The monoisotopic (exact) mass is 307 g/mol. The maximum absolute atomic E-state index is 12.2. The van der Waals surface area contributed by atoms with Gasteiger partial charge in [0.15, 0.2) is 0 Å². The molecule has 2 fully saturated rings. The van der Waals surface area contributed by atoms with Crippen LogP contribution in [0.15, 0.2) is 0 Å². The molecule has 7 heteroatoms. The maximum Gasteiger partial charge on any atom is 0.405 e. The first-order valence-electron chi connectivity index (χ1n) is 7.61. The van der Waals surface area contributed by atoms with E-state index in [0.29, 0.717) is 0 Å². The van der Waals surface area contributed by atoms with E-state index in [1.165, 1.54) is 0 Å². The van der Waals surface area contributed by atoms with Crippen molar-refractivity contribution in [1.29, 1.82) is 0 Å². The van der Waals surface area contributed by atoms with E-state index in [2.05, 4.69) is 5.32 Å². The second kappa shape index (κ2) is 6.52. The summed E-state index contributed by atoms with van der Waals surface area (Å²) in [5.41, 5.74) is 0.190. The molecule has 0 radical (unpaired) electrons. The van der Waals surface area contributed by atoms with E-state index in [4.69, 9.17) is 0 Å². The molecule has 122 valence electrons. The minimum atomic E-state index is -4.36. The summed E-state index contributed by atoms with van der Waals surface area (Å²) in [6.07, 6.45) is 0.0354. The van der Waals surface area contributed by atoms with Crippen LogP contribution in [0.25, 0.3) is 0 Å². The first-order valence-corrected chi connectivity index (χ1v) is 7.61. The molecular weight excluding hydrogens is 283 g/mol. The lowest BCUT2D eigenvalue weighted by atomic mass is 9.74. The van der Waals surface area contributed by atoms with Gasteiger partial charge in [-0.3, -0.25) is 9.69 Å². The number of rotatable bonds is 3. The van der Waals surface area contributed by atoms with E-state index >= 15 is 0 Å². The van der Waals surface area contributed by atoms with E-state index in [1.54, 1.807) is 6.92 Å². The van der Waals surface area contributed by atoms with Crippen LogP contribution in [0.4, 0.5) is 13.2 Å². The number of carbonyl (C=O) groups excluding carboxylic acids is 1. The predicted molar refractivity (Wildman–Crippen MR) is 73.9 cm³/mol. The van der Waals surface area contributed by atoms with Gasteiger partial charge in [-0.1, -0.05) is 0 Å². The van der Waals surface area contributed by atoms with Crippen LogP contribution in [0.2, 0.25) is 0 Å². The number of alkyl halides is 3. The average molecular weight is 307 g/mol. The lowest BCUT2D eigenvalue weighted by molar-refractivity contribution is -0.142. The first kappa shape index (κ1) is 16.5. The summed E-state index contributed by atoms with van der Waals surface area (Å²) in [5.74, 6) is -0.534. The number of piperidine rings is 2. The number of nitrogens with one attached hydrogen (secondary N) is 2. The second-order valence-corrected chi connectivity index (χ2v) is 6.36. The van der Waals surface area contributed by atoms with Crippen molar-refractivity contribution in [2.45, 2.75) is 44.8 Å². The average Bonchev–Trinajstić information content (AvgIpc) is 2.44. The fourth-order valence-corrected chi connectivity index (χ4v) is 3.46. The number of hydrogen-bond donors (Lipinski definition) is 2. The summed E-state index contributed by atoms with van der Waals surface area (Å²) < 4.78 is 36.5. The number of likely N-dealkylation sites (tertiary alicyclic amines) is 1. The third-order valence-corrected chi connectivity index (χ3v) is 4.64. The molecule has 0 aromatic carbocycles. The molecule has 0 aromatic heterocycles. The second-order valence-electron chi connectivity index (χ2n) is 6.36. The van der Waals surface area contributed by atoms with Crippen LogP contribution in [0, 0.1) is 5.41 Å². The molecule has 2 N–H and O–H groups in total. The Morgan fingerprint density at radius 2 is 2.10 bits per heavy atom. The Hall–Kier alpha value is -0.820. The molecule has 2 aliphatic rings. The fraction of sp³-hybridized carbons (Fsp3) is 0.929. The number of nitrogens with zero attached hydrogens (tertiary/aromatic N) is 1. The van der Waals surface area contributed by atoms with Crippen LogP contribution in [0.1, 0.15) is 32.6 Å². The quantitative estimate of drug-likeness (QED) is 0.831. The number of hydrogen-bond acceptors (Lipinski definition) is 3. The van der Waals surface area contributed by atoms with Crippen LogP contribution < -0.4 is 10.6 Å². The van der Waals surface area contributed by atoms with E-state index in [-0.39, 0.29) is 5.41 Å². The topological polar surface area (TPSA) is 44.4 Å². The SMILES string of the molecule is CC(C(=O)NCC(F)(F)F)N1CCCC2(CCCNC2)C1. The fourth-order valence-electron chi connectivity index (χ4n) is 3.46. The van der Waals surface area contributed by atoms with Gasteiger partial charge in [0.2, 0.25) is 5.91 Å². The van der Waals surface area contributed by atoms with Crippen LogP contribution in [-0.4, -0.2) is 55.7 Å². The molecule has 0 aliphatic carbocycles. The molecule has 2 saturated heterocycles. The van der Waals surface area contributed by atoms with Gasteiger partial charge in [0.05, 0.1) is 6.04 Å². The van der Waals surface area contributed by atoms with E-state index < -0.39 is 24.7 Å². The van der Waals surface area contributed by atoms with Gasteiger partial charge in [-0.05, 0) is 51.1 Å². The summed E-state index contributed by atoms with van der Waals surface area (Å²) in [4.78, 5) is 13.9. The zero-order chi connectivity index (χ0) is 15.5. The van der Waals surface area contributed by atoms with Crippen molar-refractivity contribution in [2.75, 3.05) is 32.7 Å². The first-order chi connectivity index (χ1) is 9.81. The molecule has 1 amide bonds. The zero-order valence-electron chi connectivity index (χ0n) is 12.4. The molecule has 2 aliphatic heterocycles. The minimum absolute atomic E-state index is 0.190. The Morgan fingerprint density at radius 1 is 1.38 bits per heavy atom. The van der Waals surface area contributed by atoms with Gasteiger partial charge in [0.1, 0.15) is 6.54 Å². The van der Waals surface area contributed by atoms with Crippen LogP contribution in [0.3, 0.4) is 0 Å². The van der Waals surface area contributed by atoms with Crippen LogP contribution in [-0.2, 0) is 4.79 Å². The highest BCUT2D eigenvalue weighted by atomic mass is 19.4. The van der Waals surface area contributed by atoms with Crippen molar-refractivity contribution in [3.63, 3.8) is 0 Å². The molecule has 2 atom stereocenters.